The van der Waals surface area contributed by atoms with E-state index in [0.29, 0.717) is 19.4 Å². The van der Waals surface area contributed by atoms with E-state index in [9.17, 15) is 14.0 Å². The van der Waals surface area contributed by atoms with Gasteiger partial charge in [-0.25, -0.2) is 4.39 Å². The normalized spacial score (nSPS) is 21.2. The zero-order chi connectivity index (χ0) is 22.5. The molecule has 1 unspecified atom stereocenters. The number of nitrogens with one attached hydrogen (secondary N) is 2. The van der Waals surface area contributed by atoms with E-state index >= 15 is 0 Å². The molecule has 2 heterocycles. The number of halogens is 2. The van der Waals surface area contributed by atoms with Crippen molar-refractivity contribution in [1.82, 2.24) is 15.1 Å². The molecule has 3 rings (SSSR count). The molecule has 8 nitrogen and oxygen atoms in total. The van der Waals surface area contributed by atoms with Gasteiger partial charge < -0.3 is 20.1 Å². The van der Waals surface area contributed by atoms with Gasteiger partial charge in [0.2, 0.25) is 0 Å². The zero-order valence-corrected chi connectivity index (χ0v) is 18.6. The first-order valence-electron chi connectivity index (χ1n) is 9.89. The lowest BCUT2D eigenvalue weighted by molar-refractivity contribution is -0.136. The number of amides is 2. The predicted octanol–water partition coefficient (Wildman–Crippen LogP) is 2.15. The van der Waals surface area contributed by atoms with Crippen molar-refractivity contribution in [2.24, 2.45) is 0 Å². The molecule has 1 aromatic carbocycles. The zero-order valence-electron chi connectivity index (χ0n) is 17.0. The third-order valence-electron chi connectivity index (χ3n) is 5.05. The van der Waals surface area contributed by atoms with Crippen LogP contribution >= 0.6 is 15.9 Å². The highest BCUT2D eigenvalue weighted by Crippen LogP contribution is 2.30. The largest absolute Gasteiger partial charge is 0.456 e. The van der Waals surface area contributed by atoms with E-state index in [0.717, 1.165) is 0 Å². The summed E-state index contributed by atoms with van der Waals surface area (Å²) in [6, 6.07) is 3.65. The topological polar surface area (TPSA) is 106 Å². The molecular weight excluding hydrogens is 471 g/mol. The van der Waals surface area contributed by atoms with Crippen LogP contribution in [0.2, 0.25) is 0 Å². The van der Waals surface area contributed by atoms with Gasteiger partial charge in [0, 0.05) is 31.5 Å². The first kappa shape index (κ1) is 23.0. The number of benzene rings is 1. The second kappa shape index (κ2) is 10.1. The monoisotopic (exact) mass is 494 g/mol. The van der Waals surface area contributed by atoms with Gasteiger partial charge >= 0.3 is 0 Å². The Balaban J connectivity index is 1.63. The van der Waals surface area contributed by atoms with Crippen LogP contribution in [0.15, 0.2) is 46.8 Å². The van der Waals surface area contributed by atoms with Crippen molar-refractivity contribution in [3.8, 4) is 5.75 Å². The van der Waals surface area contributed by atoms with Crippen LogP contribution in [0.4, 0.5) is 4.39 Å². The molecule has 2 amide bonds. The lowest BCUT2D eigenvalue weighted by atomic mass is 10.1. The molecule has 0 radical (unpaired) electrons. The van der Waals surface area contributed by atoms with Crippen LogP contribution in [-0.4, -0.2) is 64.3 Å². The van der Waals surface area contributed by atoms with Gasteiger partial charge in [-0.05, 0) is 53.9 Å². The van der Waals surface area contributed by atoms with Gasteiger partial charge in [0.15, 0.2) is 11.6 Å². The predicted molar refractivity (Wildman–Crippen MR) is 116 cm³/mol. The van der Waals surface area contributed by atoms with Gasteiger partial charge in [-0.3, -0.25) is 19.9 Å². The van der Waals surface area contributed by atoms with Crippen LogP contribution in [0.1, 0.15) is 19.8 Å². The minimum absolute atomic E-state index is 0.0105. The molecule has 31 heavy (non-hydrogen) atoms. The Labute approximate surface area is 188 Å². The SMILES string of the molecule is CC1C[C@H](N2CC(Oc3cccc(Br)c3F)=CC2=O)C(=O)N1C(=N)/C=C\NCCCO. The lowest BCUT2D eigenvalue weighted by Gasteiger charge is -2.23. The van der Waals surface area contributed by atoms with E-state index in [-0.39, 0.29) is 52.8 Å². The van der Waals surface area contributed by atoms with E-state index in [2.05, 4.69) is 21.2 Å². The molecule has 2 atom stereocenters. The van der Waals surface area contributed by atoms with Crippen molar-refractivity contribution in [2.45, 2.75) is 31.8 Å². The van der Waals surface area contributed by atoms with E-state index in [1.165, 1.54) is 28.0 Å². The molecule has 1 aromatic rings. The van der Waals surface area contributed by atoms with Crippen molar-refractivity contribution in [3.05, 3.63) is 52.6 Å². The number of hydrogen-bond acceptors (Lipinski definition) is 6. The highest BCUT2D eigenvalue weighted by atomic mass is 79.9. The molecule has 1 saturated heterocycles. The van der Waals surface area contributed by atoms with Gasteiger partial charge in [-0.1, -0.05) is 6.07 Å². The maximum absolute atomic E-state index is 14.2. The van der Waals surface area contributed by atoms with Crippen LogP contribution < -0.4 is 10.1 Å². The lowest BCUT2D eigenvalue weighted by Crippen LogP contribution is -2.44. The number of ether oxygens (including phenoxy) is 1. The van der Waals surface area contributed by atoms with Crippen molar-refractivity contribution in [1.29, 1.82) is 5.41 Å². The Bertz CT molecular complexity index is 936. The molecule has 0 saturated carbocycles. The number of nitrogens with zero attached hydrogens (tertiary/aromatic N) is 2. The van der Waals surface area contributed by atoms with Gasteiger partial charge in [0.05, 0.1) is 11.0 Å². The highest BCUT2D eigenvalue weighted by Gasteiger charge is 2.45. The summed E-state index contributed by atoms with van der Waals surface area (Å²) in [4.78, 5) is 28.2. The second-order valence-corrected chi connectivity index (χ2v) is 8.14. The number of amidine groups is 1. The van der Waals surface area contributed by atoms with Crippen LogP contribution in [-0.2, 0) is 9.59 Å². The number of aliphatic hydroxyl groups is 1. The summed E-state index contributed by atoms with van der Waals surface area (Å²) in [6.07, 6.45) is 5.26. The number of carbonyl (C=O) groups is 2. The number of rotatable bonds is 8. The first-order valence-corrected chi connectivity index (χ1v) is 10.7. The number of carbonyl (C=O) groups excluding carboxylic acids is 2. The molecule has 10 heteroatoms. The molecule has 0 aliphatic carbocycles. The summed E-state index contributed by atoms with van der Waals surface area (Å²) in [7, 11) is 0. The second-order valence-electron chi connectivity index (χ2n) is 7.29. The maximum atomic E-state index is 14.2. The molecule has 2 aliphatic heterocycles. The summed E-state index contributed by atoms with van der Waals surface area (Å²) in [5.41, 5.74) is 0. The molecule has 0 bridgehead atoms. The number of likely N-dealkylation sites (tertiary alicyclic amines) is 1. The Kier molecular flexibility index (Phi) is 7.45. The molecule has 0 aromatic heterocycles. The summed E-state index contributed by atoms with van der Waals surface area (Å²) < 4.78 is 20.0. The van der Waals surface area contributed by atoms with Crippen molar-refractivity contribution in [3.63, 3.8) is 0 Å². The van der Waals surface area contributed by atoms with E-state index in [1.54, 1.807) is 18.3 Å². The Morgan fingerprint density at radius 1 is 1.45 bits per heavy atom. The Morgan fingerprint density at radius 2 is 2.23 bits per heavy atom. The number of hydrogen-bond donors (Lipinski definition) is 3. The van der Waals surface area contributed by atoms with E-state index in [4.69, 9.17) is 15.3 Å². The smallest absolute Gasteiger partial charge is 0.251 e. The summed E-state index contributed by atoms with van der Waals surface area (Å²) in [6.45, 7) is 2.50. The molecule has 2 aliphatic rings. The third kappa shape index (κ3) is 5.13. The van der Waals surface area contributed by atoms with Gasteiger partial charge in [0.25, 0.3) is 11.8 Å². The van der Waals surface area contributed by atoms with Crippen LogP contribution in [0.25, 0.3) is 0 Å². The van der Waals surface area contributed by atoms with Gasteiger partial charge in [-0.2, -0.15) is 0 Å². The van der Waals surface area contributed by atoms with Crippen LogP contribution in [0.5, 0.6) is 5.75 Å². The molecule has 0 spiro atoms. The van der Waals surface area contributed by atoms with E-state index in [1.807, 2.05) is 6.92 Å². The minimum Gasteiger partial charge on any atom is -0.456 e. The Hall–Kier alpha value is -2.72. The summed E-state index contributed by atoms with van der Waals surface area (Å²) in [5.74, 6) is -1.03. The standard InChI is InChI=1S/C21H24BrFN4O4/c1-13-10-16(21(30)27(13)18(24)6-8-25-7-3-9-28)26-12-14(11-19(26)29)31-17-5-2-4-15(22)20(17)23/h2,4-6,8,11,13,16,24-25,28H,3,7,9-10,12H2,1H3/b8-6-,24-18?/t13?,16-/m0/s1. The van der Waals surface area contributed by atoms with Crippen molar-refractivity contribution < 1.29 is 23.8 Å². The molecule has 1 fully saturated rings. The number of aliphatic hydroxyl groups excluding tert-OH is 1. The van der Waals surface area contributed by atoms with Gasteiger partial charge in [0.1, 0.15) is 17.6 Å². The van der Waals surface area contributed by atoms with Crippen molar-refractivity contribution in [2.75, 3.05) is 19.7 Å². The fourth-order valence-electron chi connectivity index (χ4n) is 3.55. The maximum Gasteiger partial charge on any atom is 0.251 e. The third-order valence-corrected chi connectivity index (χ3v) is 5.67. The molecule has 3 N–H and O–H groups in total. The summed E-state index contributed by atoms with van der Waals surface area (Å²) in [5, 5.41) is 19.9. The van der Waals surface area contributed by atoms with Crippen LogP contribution in [0, 0.1) is 11.2 Å². The average molecular weight is 495 g/mol. The van der Waals surface area contributed by atoms with Crippen LogP contribution in [0.3, 0.4) is 0 Å². The Morgan fingerprint density at radius 3 is 2.97 bits per heavy atom. The van der Waals surface area contributed by atoms with Crippen molar-refractivity contribution >= 4 is 33.6 Å². The fraction of sp³-hybridized carbons (Fsp3) is 0.381. The fourth-order valence-corrected chi connectivity index (χ4v) is 3.90. The minimum atomic E-state index is -0.719. The molecule has 166 valence electrons. The van der Waals surface area contributed by atoms with Gasteiger partial charge in [-0.15, -0.1) is 0 Å². The summed E-state index contributed by atoms with van der Waals surface area (Å²) >= 11 is 3.09. The molecular formula is C21H24BrFN4O4. The quantitative estimate of drug-likeness (QED) is 0.291. The highest BCUT2D eigenvalue weighted by molar-refractivity contribution is 9.10. The average Bonchev–Trinajstić information content (AvgIpc) is 3.23. The first-order chi connectivity index (χ1) is 14.8. The van der Waals surface area contributed by atoms with E-state index < -0.39 is 11.9 Å².